The molecule has 2 aromatic rings. The summed E-state index contributed by atoms with van der Waals surface area (Å²) in [6.07, 6.45) is 2.74. The summed E-state index contributed by atoms with van der Waals surface area (Å²) in [5.74, 6) is -0.148. The SMILES string of the molecule is CCC(C)n1nccc1NC(=O)C1CC(=O)Nc2ccccc21. The van der Waals surface area contributed by atoms with E-state index in [0.29, 0.717) is 11.5 Å². The number of nitrogens with one attached hydrogen (secondary N) is 2. The fourth-order valence-electron chi connectivity index (χ4n) is 2.80. The molecule has 2 heterocycles. The van der Waals surface area contributed by atoms with Gasteiger partial charge in [0.1, 0.15) is 5.82 Å². The molecule has 0 aliphatic carbocycles. The molecule has 6 nitrogen and oxygen atoms in total. The molecule has 3 rings (SSSR count). The highest BCUT2D eigenvalue weighted by molar-refractivity contribution is 6.04. The van der Waals surface area contributed by atoms with Gasteiger partial charge in [-0.2, -0.15) is 5.10 Å². The molecule has 2 amide bonds. The first-order valence-electron chi connectivity index (χ1n) is 7.83. The second-order valence-electron chi connectivity index (χ2n) is 5.80. The molecule has 0 radical (unpaired) electrons. The van der Waals surface area contributed by atoms with E-state index in [9.17, 15) is 9.59 Å². The number of anilines is 2. The summed E-state index contributed by atoms with van der Waals surface area (Å²) in [7, 11) is 0. The first kappa shape index (κ1) is 15.3. The van der Waals surface area contributed by atoms with Crippen LogP contribution in [-0.2, 0) is 9.59 Å². The molecule has 6 heteroatoms. The zero-order chi connectivity index (χ0) is 16.4. The smallest absolute Gasteiger partial charge is 0.233 e. The Morgan fingerprint density at radius 1 is 1.43 bits per heavy atom. The van der Waals surface area contributed by atoms with Crippen molar-refractivity contribution in [3.63, 3.8) is 0 Å². The summed E-state index contributed by atoms with van der Waals surface area (Å²) >= 11 is 0. The third-order valence-electron chi connectivity index (χ3n) is 4.25. The largest absolute Gasteiger partial charge is 0.326 e. The summed E-state index contributed by atoms with van der Waals surface area (Å²) in [6.45, 7) is 4.12. The normalized spacial score (nSPS) is 18.0. The first-order valence-corrected chi connectivity index (χ1v) is 7.83. The number of nitrogens with zero attached hydrogens (tertiary/aromatic N) is 2. The average Bonchev–Trinajstić information content (AvgIpc) is 3.01. The number of carbonyl (C=O) groups excluding carboxylic acids is 2. The van der Waals surface area contributed by atoms with Gasteiger partial charge in [0.25, 0.3) is 0 Å². The molecule has 2 atom stereocenters. The van der Waals surface area contributed by atoms with E-state index >= 15 is 0 Å². The van der Waals surface area contributed by atoms with Gasteiger partial charge in [-0.3, -0.25) is 9.59 Å². The highest BCUT2D eigenvalue weighted by Gasteiger charge is 2.31. The molecule has 0 saturated heterocycles. The third kappa shape index (κ3) is 2.97. The van der Waals surface area contributed by atoms with E-state index in [1.807, 2.05) is 31.2 Å². The summed E-state index contributed by atoms with van der Waals surface area (Å²) in [6, 6.07) is 9.39. The highest BCUT2D eigenvalue weighted by Crippen LogP contribution is 2.33. The van der Waals surface area contributed by atoms with Crippen LogP contribution in [-0.4, -0.2) is 21.6 Å². The molecule has 0 fully saturated rings. The molecule has 2 N–H and O–H groups in total. The van der Waals surface area contributed by atoms with Crippen LogP contribution in [0.2, 0.25) is 0 Å². The molecule has 0 saturated carbocycles. The van der Waals surface area contributed by atoms with Crippen LogP contribution in [0.15, 0.2) is 36.5 Å². The molecule has 0 bridgehead atoms. The van der Waals surface area contributed by atoms with Gasteiger partial charge in [0.05, 0.1) is 18.2 Å². The predicted octanol–water partition coefficient (Wildman–Crippen LogP) is 2.92. The van der Waals surface area contributed by atoms with Gasteiger partial charge in [-0.1, -0.05) is 25.1 Å². The van der Waals surface area contributed by atoms with Crippen LogP contribution in [0.5, 0.6) is 0 Å². The Bertz CT molecular complexity index is 738. The Labute approximate surface area is 134 Å². The van der Waals surface area contributed by atoms with Crippen molar-refractivity contribution in [3.8, 4) is 0 Å². The Balaban J connectivity index is 1.85. The third-order valence-corrected chi connectivity index (χ3v) is 4.25. The minimum Gasteiger partial charge on any atom is -0.326 e. The minimum atomic E-state index is -0.486. The number of amides is 2. The van der Waals surface area contributed by atoms with Crippen LogP contribution in [0.3, 0.4) is 0 Å². The van der Waals surface area contributed by atoms with Crippen LogP contribution in [0.1, 0.15) is 44.2 Å². The van der Waals surface area contributed by atoms with Crippen molar-refractivity contribution in [1.29, 1.82) is 0 Å². The lowest BCUT2D eigenvalue weighted by Crippen LogP contribution is -2.31. The zero-order valence-corrected chi connectivity index (χ0v) is 13.2. The van der Waals surface area contributed by atoms with Crippen LogP contribution in [0.4, 0.5) is 11.5 Å². The average molecular weight is 312 g/mol. The van der Waals surface area contributed by atoms with Crippen LogP contribution in [0, 0.1) is 0 Å². The Hall–Kier alpha value is -2.63. The molecule has 1 aromatic heterocycles. The molecule has 2 unspecified atom stereocenters. The molecule has 1 aliphatic rings. The minimum absolute atomic E-state index is 0.140. The predicted molar refractivity (Wildman–Crippen MR) is 88.3 cm³/mol. The molecular weight excluding hydrogens is 292 g/mol. The standard InChI is InChI=1S/C17H20N4O2/c1-3-11(2)21-15(8-9-18-21)20-17(23)13-10-16(22)19-14-7-5-4-6-12(13)14/h4-9,11,13H,3,10H2,1-2H3,(H,19,22)(H,20,23). The van der Waals surface area contributed by atoms with Crippen LogP contribution >= 0.6 is 0 Å². The van der Waals surface area contributed by atoms with Gasteiger partial charge < -0.3 is 10.6 Å². The van der Waals surface area contributed by atoms with E-state index in [-0.39, 0.29) is 24.3 Å². The number of aromatic nitrogens is 2. The number of para-hydroxylation sites is 1. The maximum Gasteiger partial charge on any atom is 0.233 e. The number of fused-ring (bicyclic) bond motifs is 1. The summed E-state index contributed by atoms with van der Waals surface area (Å²) in [4.78, 5) is 24.6. The van der Waals surface area contributed by atoms with Crippen molar-refractivity contribution < 1.29 is 9.59 Å². The highest BCUT2D eigenvalue weighted by atomic mass is 16.2. The Morgan fingerprint density at radius 3 is 3.00 bits per heavy atom. The maximum atomic E-state index is 12.7. The van der Waals surface area contributed by atoms with Crippen molar-refractivity contribution >= 4 is 23.3 Å². The fraction of sp³-hybridized carbons (Fsp3) is 0.353. The summed E-state index contributed by atoms with van der Waals surface area (Å²) in [5.41, 5.74) is 1.55. The van der Waals surface area contributed by atoms with Gasteiger partial charge >= 0.3 is 0 Å². The second kappa shape index (κ2) is 6.24. The number of benzene rings is 1. The van der Waals surface area contributed by atoms with Gasteiger partial charge in [-0.15, -0.1) is 0 Å². The molecule has 23 heavy (non-hydrogen) atoms. The van der Waals surface area contributed by atoms with E-state index in [2.05, 4.69) is 22.7 Å². The van der Waals surface area contributed by atoms with E-state index in [4.69, 9.17) is 0 Å². The summed E-state index contributed by atoms with van der Waals surface area (Å²) in [5, 5.41) is 9.99. The molecule has 0 spiro atoms. The Morgan fingerprint density at radius 2 is 2.22 bits per heavy atom. The zero-order valence-electron chi connectivity index (χ0n) is 13.2. The molecule has 1 aromatic carbocycles. The van der Waals surface area contributed by atoms with E-state index in [0.717, 1.165) is 12.0 Å². The van der Waals surface area contributed by atoms with Crippen molar-refractivity contribution in [2.45, 2.75) is 38.6 Å². The van der Waals surface area contributed by atoms with Crippen molar-refractivity contribution in [2.24, 2.45) is 0 Å². The second-order valence-corrected chi connectivity index (χ2v) is 5.80. The van der Waals surface area contributed by atoms with Gasteiger partial charge in [-0.25, -0.2) is 4.68 Å². The van der Waals surface area contributed by atoms with Crippen LogP contribution in [0.25, 0.3) is 0 Å². The number of hydrogen-bond donors (Lipinski definition) is 2. The quantitative estimate of drug-likeness (QED) is 0.911. The fourth-order valence-corrected chi connectivity index (χ4v) is 2.80. The van der Waals surface area contributed by atoms with Gasteiger partial charge in [0.2, 0.25) is 11.8 Å². The summed E-state index contributed by atoms with van der Waals surface area (Å²) < 4.78 is 1.80. The van der Waals surface area contributed by atoms with Crippen molar-refractivity contribution in [2.75, 3.05) is 10.6 Å². The lowest BCUT2D eigenvalue weighted by molar-refractivity contribution is -0.123. The lowest BCUT2D eigenvalue weighted by Gasteiger charge is -2.25. The maximum absolute atomic E-state index is 12.7. The van der Waals surface area contributed by atoms with E-state index < -0.39 is 5.92 Å². The van der Waals surface area contributed by atoms with Crippen LogP contribution < -0.4 is 10.6 Å². The van der Waals surface area contributed by atoms with Crippen molar-refractivity contribution in [1.82, 2.24) is 9.78 Å². The number of hydrogen-bond acceptors (Lipinski definition) is 3. The van der Waals surface area contributed by atoms with Gasteiger partial charge in [0, 0.05) is 18.2 Å². The monoisotopic (exact) mass is 312 g/mol. The van der Waals surface area contributed by atoms with Gasteiger partial charge in [0.15, 0.2) is 0 Å². The molecular formula is C17H20N4O2. The Kier molecular flexibility index (Phi) is 4.14. The topological polar surface area (TPSA) is 76.0 Å². The first-order chi connectivity index (χ1) is 11.1. The number of carbonyl (C=O) groups is 2. The lowest BCUT2D eigenvalue weighted by atomic mass is 9.90. The molecule has 1 aliphatic heterocycles. The number of rotatable bonds is 4. The molecule has 120 valence electrons. The van der Waals surface area contributed by atoms with E-state index in [1.54, 1.807) is 16.9 Å². The van der Waals surface area contributed by atoms with Gasteiger partial charge in [-0.05, 0) is 25.0 Å². The van der Waals surface area contributed by atoms with E-state index in [1.165, 1.54) is 0 Å². The van der Waals surface area contributed by atoms with Crippen molar-refractivity contribution in [3.05, 3.63) is 42.1 Å².